The molecule has 0 aromatic carbocycles. The molecule has 1 N–H and O–H groups in total. The Morgan fingerprint density at radius 2 is 2.00 bits per heavy atom. The van der Waals surface area contributed by atoms with E-state index in [9.17, 15) is 5.11 Å². The zero-order valence-electron chi connectivity index (χ0n) is 9.85. The van der Waals surface area contributed by atoms with Gasteiger partial charge in [-0.2, -0.15) is 0 Å². The van der Waals surface area contributed by atoms with Crippen molar-refractivity contribution in [1.29, 1.82) is 0 Å². The molecule has 1 unspecified atom stereocenters. The van der Waals surface area contributed by atoms with Gasteiger partial charge in [0.05, 0.1) is 18.0 Å². The molecule has 5 heteroatoms. The molecule has 4 nitrogen and oxygen atoms in total. The van der Waals surface area contributed by atoms with Gasteiger partial charge in [-0.3, -0.25) is 0 Å². The van der Waals surface area contributed by atoms with E-state index in [0.717, 1.165) is 9.84 Å². The van der Waals surface area contributed by atoms with E-state index in [1.54, 1.807) is 24.5 Å². The van der Waals surface area contributed by atoms with Gasteiger partial charge in [0.25, 0.3) is 0 Å². The number of rotatable bonds is 1. The minimum atomic E-state index is -0.600. The zero-order chi connectivity index (χ0) is 11.9. The van der Waals surface area contributed by atoms with Gasteiger partial charge in [-0.25, -0.2) is 15.0 Å². The van der Waals surface area contributed by atoms with Crippen LogP contribution in [0.4, 0.5) is 0 Å². The van der Waals surface area contributed by atoms with Crippen LogP contribution in [0.25, 0.3) is 10.5 Å². The van der Waals surface area contributed by atoms with Crippen molar-refractivity contribution in [2.45, 2.75) is 39.2 Å². The monoisotopic (exact) mass is 237 g/mol. The molecule has 0 amide bonds. The summed E-state index contributed by atoms with van der Waals surface area (Å²) in [6.45, 7) is 8.01. The fourth-order valence-corrected chi connectivity index (χ4v) is 2.17. The van der Waals surface area contributed by atoms with Crippen LogP contribution in [0.15, 0.2) is 6.20 Å². The molecule has 0 radical (unpaired) electrons. The summed E-state index contributed by atoms with van der Waals surface area (Å²) < 4.78 is 0. The van der Waals surface area contributed by atoms with Crippen molar-refractivity contribution in [3.05, 3.63) is 16.9 Å². The fraction of sp³-hybridized carbons (Fsp3) is 0.545. The highest BCUT2D eigenvalue weighted by molar-refractivity contribution is 7.18. The van der Waals surface area contributed by atoms with Crippen molar-refractivity contribution in [2.75, 3.05) is 0 Å². The molecule has 2 aromatic rings. The van der Waals surface area contributed by atoms with Crippen LogP contribution in [-0.4, -0.2) is 20.1 Å². The van der Waals surface area contributed by atoms with Gasteiger partial charge < -0.3 is 5.11 Å². The predicted octanol–water partition coefficient (Wildman–Crippen LogP) is 2.44. The number of aromatic nitrogens is 3. The maximum Gasteiger partial charge on any atom is 0.190 e. The SMILES string of the molecule is CC(O)c1cnc2sc(C(C)(C)C)nc2n1. The standard InChI is InChI=1S/C11H15N3OS/c1-6(15)7-5-12-9-8(13-7)14-10(16-9)11(2,3)4/h5-6,15H,1-4H3. The first-order chi connectivity index (χ1) is 7.38. The fourth-order valence-electron chi connectivity index (χ4n) is 1.26. The molecule has 0 saturated heterocycles. The second kappa shape index (κ2) is 3.75. The molecule has 0 aliphatic carbocycles. The molecule has 0 bridgehead atoms. The molecule has 2 heterocycles. The number of hydrogen-bond donors (Lipinski definition) is 1. The number of aliphatic hydroxyl groups is 1. The van der Waals surface area contributed by atoms with Gasteiger partial charge in [0.15, 0.2) is 10.5 Å². The van der Waals surface area contributed by atoms with Gasteiger partial charge >= 0.3 is 0 Å². The van der Waals surface area contributed by atoms with Gasteiger partial charge in [-0.05, 0) is 6.92 Å². The van der Waals surface area contributed by atoms with E-state index in [1.165, 1.54) is 0 Å². The van der Waals surface area contributed by atoms with Crippen molar-refractivity contribution in [3.8, 4) is 0 Å². The minimum Gasteiger partial charge on any atom is -0.387 e. The van der Waals surface area contributed by atoms with Crippen LogP contribution in [0.3, 0.4) is 0 Å². The van der Waals surface area contributed by atoms with Gasteiger partial charge in [0, 0.05) is 5.41 Å². The lowest BCUT2D eigenvalue weighted by atomic mass is 9.98. The molecule has 0 spiro atoms. The van der Waals surface area contributed by atoms with Gasteiger partial charge in [0.1, 0.15) is 5.01 Å². The molecular formula is C11H15N3OS. The molecule has 0 fully saturated rings. The number of nitrogens with zero attached hydrogens (tertiary/aromatic N) is 3. The lowest BCUT2D eigenvalue weighted by molar-refractivity contribution is 0.194. The second-order valence-electron chi connectivity index (χ2n) is 4.87. The number of thiazole rings is 1. The number of aliphatic hydroxyl groups excluding tert-OH is 1. The summed E-state index contributed by atoms with van der Waals surface area (Å²) in [5.74, 6) is 0. The third-order valence-electron chi connectivity index (χ3n) is 2.21. The van der Waals surface area contributed by atoms with Crippen molar-refractivity contribution >= 4 is 21.8 Å². The van der Waals surface area contributed by atoms with Crippen molar-refractivity contribution in [1.82, 2.24) is 15.0 Å². The molecule has 2 rings (SSSR count). The molecule has 86 valence electrons. The third kappa shape index (κ3) is 2.05. The van der Waals surface area contributed by atoms with Gasteiger partial charge in [-0.15, -0.1) is 0 Å². The third-order valence-corrected chi connectivity index (χ3v) is 3.59. The van der Waals surface area contributed by atoms with Crippen molar-refractivity contribution < 1.29 is 5.11 Å². The highest BCUT2D eigenvalue weighted by Gasteiger charge is 2.20. The van der Waals surface area contributed by atoms with Crippen LogP contribution in [0, 0.1) is 0 Å². The zero-order valence-corrected chi connectivity index (χ0v) is 10.7. The van der Waals surface area contributed by atoms with Gasteiger partial charge in [0.2, 0.25) is 0 Å². The Balaban J connectivity index is 2.54. The first-order valence-corrected chi connectivity index (χ1v) is 6.01. The Morgan fingerprint density at radius 1 is 1.31 bits per heavy atom. The molecule has 16 heavy (non-hydrogen) atoms. The van der Waals surface area contributed by atoms with E-state index in [1.807, 2.05) is 0 Å². The Kier molecular flexibility index (Phi) is 2.67. The van der Waals surface area contributed by atoms with Crippen LogP contribution in [-0.2, 0) is 5.41 Å². The van der Waals surface area contributed by atoms with Crippen LogP contribution in [0.2, 0.25) is 0 Å². The number of hydrogen-bond acceptors (Lipinski definition) is 5. The first-order valence-electron chi connectivity index (χ1n) is 5.20. The van der Waals surface area contributed by atoms with Gasteiger partial charge in [-0.1, -0.05) is 32.1 Å². The average Bonchev–Trinajstić information content (AvgIpc) is 2.58. The smallest absolute Gasteiger partial charge is 0.190 e. The summed E-state index contributed by atoms with van der Waals surface area (Å²) in [7, 11) is 0. The van der Waals surface area contributed by atoms with E-state index < -0.39 is 6.10 Å². The number of fused-ring (bicyclic) bond motifs is 1. The topological polar surface area (TPSA) is 58.9 Å². The van der Waals surface area contributed by atoms with E-state index >= 15 is 0 Å². The summed E-state index contributed by atoms with van der Waals surface area (Å²) in [5.41, 5.74) is 1.21. The largest absolute Gasteiger partial charge is 0.387 e. The van der Waals surface area contributed by atoms with E-state index in [2.05, 4.69) is 35.7 Å². The Labute approximate surface area is 98.4 Å². The molecule has 1 atom stereocenters. The minimum absolute atomic E-state index is 0.0119. The average molecular weight is 237 g/mol. The van der Waals surface area contributed by atoms with Crippen molar-refractivity contribution in [2.24, 2.45) is 0 Å². The summed E-state index contributed by atoms with van der Waals surface area (Å²) in [5, 5.41) is 10.4. The molecule has 0 aliphatic rings. The second-order valence-corrected chi connectivity index (χ2v) is 5.85. The Morgan fingerprint density at radius 3 is 2.56 bits per heavy atom. The van der Waals surface area contributed by atoms with Crippen molar-refractivity contribution in [3.63, 3.8) is 0 Å². The van der Waals surface area contributed by atoms with Crippen LogP contribution in [0.5, 0.6) is 0 Å². The summed E-state index contributed by atoms with van der Waals surface area (Å²) in [6.07, 6.45) is 1.01. The van der Waals surface area contributed by atoms with Crippen LogP contribution < -0.4 is 0 Å². The molecule has 0 aliphatic heterocycles. The molecule has 0 saturated carbocycles. The summed E-state index contributed by atoms with van der Waals surface area (Å²) in [6, 6.07) is 0. The predicted molar refractivity (Wildman–Crippen MR) is 64.5 cm³/mol. The molecular weight excluding hydrogens is 222 g/mol. The van der Waals surface area contributed by atoms with E-state index in [-0.39, 0.29) is 5.41 Å². The van der Waals surface area contributed by atoms with E-state index in [0.29, 0.717) is 11.3 Å². The summed E-state index contributed by atoms with van der Waals surface area (Å²) in [4.78, 5) is 13.9. The van der Waals surface area contributed by atoms with Crippen LogP contribution in [0.1, 0.15) is 44.5 Å². The quantitative estimate of drug-likeness (QED) is 0.827. The highest BCUT2D eigenvalue weighted by atomic mass is 32.1. The lowest BCUT2D eigenvalue weighted by Gasteiger charge is -2.12. The maximum atomic E-state index is 9.42. The normalized spacial score (nSPS) is 14.3. The highest BCUT2D eigenvalue weighted by Crippen LogP contribution is 2.29. The maximum absolute atomic E-state index is 9.42. The first kappa shape index (κ1) is 11.4. The van der Waals surface area contributed by atoms with Crippen LogP contribution >= 0.6 is 11.3 Å². The molecule has 2 aromatic heterocycles. The summed E-state index contributed by atoms with van der Waals surface area (Å²) >= 11 is 1.56. The van der Waals surface area contributed by atoms with E-state index in [4.69, 9.17) is 0 Å². The Hall–Kier alpha value is -1.07. The Bertz CT molecular complexity index is 513. The lowest BCUT2D eigenvalue weighted by Crippen LogP contribution is -2.10.